The molecule has 5 heteroatoms. The summed E-state index contributed by atoms with van der Waals surface area (Å²) < 4.78 is 11.7. The van der Waals surface area contributed by atoms with Gasteiger partial charge < -0.3 is 9.47 Å². The van der Waals surface area contributed by atoms with Crippen molar-refractivity contribution in [1.82, 2.24) is 0 Å². The number of Topliss-reactive ketones (excluding diaryl/α,β-unsaturated/α-hetero) is 1. The quantitative estimate of drug-likeness (QED) is 0.404. The molecule has 0 aromatic heterocycles. The number of esters is 1. The first-order valence-corrected chi connectivity index (χ1v) is 13.0. The molecule has 2 aliphatic heterocycles. The zero-order chi connectivity index (χ0) is 21.5. The van der Waals surface area contributed by atoms with Gasteiger partial charge in [0, 0.05) is 11.8 Å². The van der Waals surface area contributed by atoms with Crippen molar-refractivity contribution in [3.63, 3.8) is 0 Å². The lowest BCUT2D eigenvalue weighted by molar-refractivity contribution is -0.306. The normalized spacial score (nSPS) is 52.5. The van der Waals surface area contributed by atoms with E-state index in [9.17, 15) is 9.59 Å². The molecule has 4 bridgehead atoms. The second kappa shape index (κ2) is 7.04. The van der Waals surface area contributed by atoms with E-state index in [0.29, 0.717) is 41.8 Å². The van der Waals surface area contributed by atoms with Crippen LogP contribution in [0.4, 0.5) is 0 Å². The molecule has 10 atom stereocenters. The van der Waals surface area contributed by atoms with Crippen LogP contribution in [0.25, 0.3) is 0 Å². The van der Waals surface area contributed by atoms with Crippen LogP contribution in [0.3, 0.4) is 0 Å². The molecule has 6 rings (SSSR count). The van der Waals surface area contributed by atoms with Gasteiger partial charge in [0.25, 0.3) is 0 Å². The van der Waals surface area contributed by atoms with E-state index in [-0.39, 0.29) is 27.7 Å². The smallest absolute Gasteiger partial charge is 0.305 e. The van der Waals surface area contributed by atoms with Gasteiger partial charge in [0.15, 0.2) is 5.78 Å². The van der Waals surface area contributed by atoms with Crippen LogP contribution < -0.4 is 0 Å². The number of ether oxygens (including phenoxy) is 2. The molecule has 2 saturated heterocycles. The highest BCUT2D eigenvalue weighted by atomic mass is 79.9. The Morgan fingerprint density at radius 3 is 2.67 bits per heavy atom. The summed E-state index contributed by atoms with van der Waals surface area (Å²) in [5.74, 6) is 2.57. The minimum absolute atomic E-state index is 0.00366. The molecular weight excluding hydrogens is 444 g/mol. The second-order valence-electron chi connectivity index (χ2n) is 11.5. The van der Waals surface area contributed by atoms with Gasteiger partial charge in [0.1, 0.15) is 5.60 Å². The number of hydrogen-bond donors (Lipinski definition) is 0. The summed E-state index contributed by atoms with van der Waals surface area (Å²) in [6, 6.07) is 0. The van der Waals surface area contributed by atoms with Crippen molar-refractivity contribution in [2.24, 2.45) is 40.4 Å². The Morgan fingerprint density at radius 2 is 1.93 bits per heavy atom. The molecule has 0 radical (unpaired) electrons. The summed E-state index contributed by atoms with van der Waals surface area (Å²) in [4.78, 5) is 25.8. The largest absolute Gasteiger partial charge is 0.469 e. The number of hydrogen-bond acceptors (Lipinski definition) is 4. The Balaban J connectivity index is 1.49. The van der Waals surface area contributed by atoms with Crippen molar-refractivity contribution in [3.05, 3.63) is 0 Å². The Kier molecular flexibility index (Phi) is 5.03. The van der Waals surface area contributed by atoms with E-state index in [0.717, 1.165) is 38.5 Å². The monoisotopic (exact) mass is 480 g/mol. The van der Waals surface area contributed by atoms with E-state index in [1.54, 1.807) is 0 Å². The summed E-state index contributed by atoms with van der Waals surface area (Å²) in [6.45, 7) is 7.02. The minimum atomic E-state index is -0.570. The van der Waals surface area contributed by atoms with E-state index in [1.807, 2.05) is 0 Å². The molecule has 4 nitrogen and oxygen atoms in total. The number of rotatable bonds is 4. The molecule has 0 N–H and O–H groups in total. The maximum atomic E-state index is 14.3. The third-order valence-electron chi connectivity index (χ3n) is 10.7. The van der Waals surface area contributed by atoms with Crippen LogP contribution in [0, 0.1) is 40.4 Å². The maximum absolute atomic E-state index is 14.3. The molecule has 2 heterocycles. The molecule has 0 amide bonds. The predicted molar refractivity (Wildman–Crippen MR) is 118 cm³/mol. The van der Waals surface area contributed by atoms with Crippen LogP contribution in [0.1, 0.15) is 78.6 Å². The molecule has 1 spiro atoms. The van der Waals surface area contributed by atoms with E-state index in [1.165, 1.54) is 20.0 Å². The number of carbonyl (C=O) groups is 2. The highest BCUT2D eigenvalue weighted by Crippen LogP contribution is 2.73. The van der Waals surface area contributed by atoms with Gasteiger partial charge in [0.05, 0.1) is 18.0 Å². The molecule has 168 valence electrons. The lowest BCUT2D eigenvalue weighted by Crippen LogP contribution is -2.77. The van der Waals surface area contributed by atoms with Crippen LogP contribution >= 0.6 is 15.9 Å². The molecule has 30 heavy (non-hydrogen) atoms. The number of alkyl halides is 1. The van der Waals surface area contributed by atoms with Gasteiger partial charge in [0.2, 0.25) is 0 Å². The van der Waals surface area contributed by atoms with Gasteiger partial charge in [-0.2, -0.15) is 0 Å². The molecule has 0 aromatic carbocycles. The fraction of sp³-hybridized carbons (Fsp3) is 0.920. The minimum Gasteiger partial charge on any atom is -0.469 e. The van der Waals surface area contributed by atoms with Crippen molar-refractivity contribution in [3.8, 4) is 0 Å². The molecule has 4 saturated carbocycles. The Morgan fingerprint density at radius 1 is 1.20 bits per heavy atom. The molecular formula is C25H37BrO4. The number of methoxy groups -OCH3 is 1. The Hall–Kier alpha value is -0.420. The Labute approximate surface area is 189 Å². The van der Waals surface area contributed by atoms with Crippen molar-refractivity contribution >= 4 is 27.7 Å². The zero-order valence-electron chi connectivity index (χ0n) is 18.9. The van der Waals surface area contributed by atoms with E-state index in [4.69, 9.17) is 9.47 Å². The lowest BCUT2D eigenvalue weighted by Gasteiger charge is -2.71. The maximum Gasteiger partial charge on any atom is 0.305 e. The van der Waals surface area contributed by atoms with Crippen molar-refractivity contribution < 1.29 is 19.1 Å². The highest BCUT2D eigenvalue weighted by Gasteiger charge is 2.77. The summed E-state index contributed by atoms with van der Waals surface area (Å²) >= 11 is 3.98. The highest BCUT2D eigenvalue weighted by molar-refractivity contribution is 9.10. The SMILES string of the molecule is COC(=O)CCC(C)C1CCC2C3CC[C@@H]4C[C@H]5CC[C@]4(C)[C@@]3(O5)C(=O)[C@H](Br)[C@]12C. The summed E-state index contributed by atoms with van der Waals surface area (Å²) in [7, 11) is 1.46. The number of carbonyl (C=O) groups excluding carboxylic acids is 2. The topological polar surface area (TPSA) is 52.6 Å². The number of fused-ring (bicyclic) bond motifs is 3. The van der Waals surface area contributed by atoms with Crippen LogP contribution in [0.5, 0.6) is 0 Å². The van der Waals surface area contributed by atoms with Crippen molar-refractivity contribution in [2.75, 3.05) is 7.11 Å². The molecule has 6 aliphatic rings. The molecule has 6 fully saturated rings. The van der Waals surface area contributed by atoms with E-state index in [2.05, 4.69) is 36.7 Å². The van der Waals surface area contributed by atoms with Crippen LogP contribution in [0.2, 0.25) is 0 Å². The van der Waals surface area contributed by atoms with Crippen LogP contribution in [0.15, 0.2) is 0 Å². The van der Waals surface area contributed by atoms with Crippen molar-refractivity contribution in [2.45, 2.75) is 95.1 Å². The summed E-state index contributed by atoms with van der Waals surface area (Å²) in [6.07, 6.45) is 9.73. The zero-order valence-corrected chi connectivity index (χ0v) is 20.5. The van der Waals surface area contributed by atoms with E-state index >= 15 is 0 Å². The van der Waals surface area contributed by atoms with Crippen LogP contribution in [-0.2, 0) is 19.1 Å². The molecule has 0 aromatic rings. The second-order valence-corrected chi connectivity index (χ2v) is 12.4. The summed E-state index contributed by atoms with van der Waals surface area (Å²) in [5.41, 5.74) is -0.630. The third kappa shape index (κ3) is 2.48. The fourth-order valence-electron chi connectivity index (χ4n) is 9.18. The van der Waals surface area contributed by atoms with Gasteiger partial charge in [-0.05, 0) is 86.4 Å². The first-order valence-electron chi connectivity index (χ1n) is 12.1. The predicted octanol–water partition coefficient (Wildman–Crippen LogP) is 5.31. The van der Waals surface area contributed by atoms with Crippen LogP contribution in [-0.4, -0.2) is 35.4 Å². The van der Waals surface area contributed by atoms with Gasteiger partial charge in [-0.15, -0.1) is 0 Å². The molecule has 4 aliphatic carbocycles. The first kappa shape index (κ1) is 21.4. The fourth-order valence-corrected chi connectivity index (χ4v) is 10.2. The number of ketones is 1. The van der Waals surface area contributed by atoms with Gasteiger partial charge in [-0.25, -0.2) is 0 Å². The van der Waals surface area contributed by atoms with Gasteiger partial charge in [-0.1, -0.05) is 36.7 Å². The number of halogens is 1. The van der Waals surface area contributed by atoms with Crippen molar-refractivity contribution in [1.29, 1.82) is 0 Å². The average molecular weight is 481 g/mol. The first-order chi connectivity index (χ1) is 14.2. The Bertz CT molecular complexity index is 753. The van der Waals surface area contributed by atoms with Gasteiger partial charge >= 0.3 is 5.97 Å². The standard InChI is InChI=1S/C25H37BrO4/c1-14(5-10-20(27)29-4)17-8-9-18-19-7-6-15-13-16-11-12-23(15,2)25(19,30-16)22(28)21(26)24(17,18)3/h14-19,21H,5-13H2,1-4H3/t14?,15-,16-,17?,18?,19?,21+,23+,24-,25+/m1/s1. The lowest BCUT2D eigenvalue weighted by atomic mass is 9.40. The van der Waals surface area contributed by atoms with Gasteiger partial charge in [-0.3, -0.25) is 9.59 Å². The van der Waals surface area contributed by atoms with E-state index < -0.39 is 5.60 Å². The average Bonchev–Trinajstić information content (AvgIpc) is 3.08. The third-order valence-corrected chi connectivity index (χ3v) is 12.1. The summed E-state index contributed by atoms with van der Waals surface area (Å²) in [5, 5.41) is 0. The molecule has 4 unspecified atom stereocenters.